The van der Waals surface area contributed by atoms with Crippen LogP contribution in [0.3, 0.4) is 0 Å². The summed E-state index contributed by atoms with van der Waals surface area (Å²) >= 11 is 0. The monoisotopic (exact) mass is 431 g/mol. The van der Waals surface area contributed by atoms with Crippen molar-refractivity contribution in [3.63, 3.8) is 0 Å². The normalized spacial score (nSPS) is 11.6. The molecule has 2 N–H and O–H groups in total. The first-order chi connectivity index (χ1) is 14.8. The highest BCUT2D eigenvalue weighted by Gasteiger charge is 2.27. The van der Waals surface area contributed by atoms with Crippen molar-refractivity contribution in [1.29, 1.82) is 0 Å². The Morgan fingerprint density at radius 3 is 2.35 bits per heavy atom. The van der Waals surface area contributed by atoms with Gasteiger partial charge in [0, 0.05) is 13.6 Å². The van der Waals surface area contributed by atoms with Crippen LogP contribution in [0.5, 0.6) is 11.5 Å². The van der Waals surface area contributed by atoms with Gasteiger partial charge in [0.1, 0.15) is 11.9 Å². The maximum atomic E-state index is 13.8. The van der Waals surface area contributed by atoms with Gasteiger partial charge >= 0.3 is 6.03 Å². The number of halogens is 1. The number of carbonyl (C=O) groups excluding carboxylic acids is 2. The zero-order valence-corrected chi connectivity index (χ0v) is 18.6. The van der Waals surface area contributed by atoms with E-state index in [2.05, 4.69) is 10.6 Å². The zero-order chi connectivity index (χ0) is 23.0. The summed E-state index contributed by atoms with van der Waals surface area (Å²) in [5, 5.41) is 5.11. The first-order valence-electron chi connectivity index (χ1n) is 10.0. The molecule has 0 aliphatic rings. The van der Waals surface area contributed by atoms with Crippen molar-refractivity contribution in [3.05, 3.63) is 53.8 Å². The molecule has 31 heavy (non-hydrogen) atoms. The van der Waals surface area contributed by atoms with Crippen LogP contribution in [-0.2, 0) is 11.2 Å². The summed E-state index contributed by atoms with van der Waals surface area (Å²) in [4.78, 5) is 26.9. The number of urea groups is 1. The van der Waals surface area contributed by atoms with Gasteiger partial charge in [0.25, 0.3) is 0 Å². The second-order valence-corrected chi connectivity index (χ2v) is 7.50. The van der Waals surface area contributed by atoms with Crippen LogP contribution in [0, 0.1) is 11.7 Å². The number of likely N-dealkylation sites (N-methyl/N-ethyl adjacent to an activating group) is 1. The highest BCUT2D eigenvalue weighted by molar-refractivity contribution is 5.93. The molecular weight excluding hydrogens is 401 g/mol. The number of ether oxygens (including phenoxy) is 2. The molecule has 2 aromatic carbocycles. The second-order valence-electron chi connectivity index (χ2n) is 7.50. The van der Waals surface area contributed by atoms with E-state index >= 15 is 0 Å². The van der Waals surface area contributed by atoms with E-state index in [0.29, 0.717) is 24.5 Å². The summed E-state index contributed by atoms with van der Waals surface area (Å²) in [6, 6.07) is 10.1. The third-order valence-electron chi connectivity index (χ3n) is 4.90. The zero-order valence-electron chi connectivity index (χ0n) is 18.6. The van der Waals surface area contributed by atoms with E-state index in [1.165, 1.54) is 18.2 Å². The van der Waals surface area contributed by atoms with Crippen LogP contribution in [0.2, 0.25) is 0 Å². The van der Waals surface area contributed by atoms with Gasteiger partial charge < -0.3 is 25.0 Å². The van der Waals surface area contributed by atoms with E-state index in [1.54, 1.807) is 32.2 Å². The molecule has 0 spiro atoms. The fourth-order valence-electron chi connectivity index (χ4n) is 3.06. The minimum atomic E-state index is -0.748. The Bertz CT molecular complexity index is 904. The van der Waals surface area contributed by atoms with Crippen molar-refractivity contribution in [1.82, 2.24) is 10.2 Å². The average molecular weight is 432 g/mol. The van der Waals surface area contributed by atoms with E-state index in [4.69, 9.17) is 9.47 Å². The third-order valence-corrected chi connectivity index (χ3v) is 4.90. The molecule has 0 aromatic heterocycles. The molecular formula is C23H30FN3O4. The molecule has 1 unspecified atom stereocenters. The van der Waals surface area contributed by atoms with Crippen LogP contribution in [0.15, 0.2) is 42.5 Å². The molecule has 8 heteroatoms. The average Bonchev–Trinajstić information content (AvgIpc) is 2.76. The van der Waals surface area contributed by atoms with Gasteiger partial charge in [-0.2, -0.15) is 0 Å². The third kappa shape index (κ3) is 6.60. The molecule has 0 fully saturated rings. The summed E-state index contributed by atoms with van der Waals surface area (Å²) in [6.45, 7) is 4.14. The molecule has 0 radical (unpaired) electrons. The highest BCUT2D eigenvalue weighted by atomic mass is 19.1. The number of carbonyl (C=O) groups is 2. The van der Waals surface area contributed by atoms with Crippen LogP contribution < -0.4 is 20.1 Å². The molecule has 3 amide bonds. The number of benzene rings is 2. The van der Waals surface area contributed by atoms with Crippen molar-refractivity contribution in [2.24, 2.45) is 5.92 Å². The Hall–Kier alpha value is -3.29. The van der Waals surface area contributed by atoms with Gasteiger partial charge in [-0.3, -0.25) is 4.79 Å². The number of anilines is 1. The Morgan fingerprint density at radius 2 is 1.74 bits per heavy atom. The van der Waals surface area contributed by atoms with Gasteiger partial charge in [0.05, 0.1) is 19.9 Å². The largest absolute Gasteiger partial charge is 0.493 e. The van der Waals surface area contributed by atoms with Gasteiger partial charge in [-0.05, 0) is 42.2 Å². The SMILES string of the molecule is COc1ccc(CCN(C)C(=O)C(NC(=O)Nc2ccccc2F)C(C)C)cc1OC. The molecule has 0 saturated carbocycles. The summed E-state index contributed by atoms with van der Waals surface area (Å²) in [6.07, 6.45) is 0.606. The number of amides is 3. The molecule has 0 heterocycles. The van der Waals surface area contributed by atoms with E-state index < -0.39 is 17.9 Å². The molecule has 1 atom stereocenters. The minimum Gasteiger partial charge on any atom is -0.493 e. The summed E-state index contributed by atoms with van der Waals surface area (Å²) in [5.74, 6) is 0.347. The molecule has 0 bridgehead atoms. The van der Waals surface area contributed by atoms with E-state index in [0.717, 1.165) is 5.56 Å². The van der Waals surface area contributed by atoms with Crippen LogP contribution in [0.25, 0.3) is 0 Å². The van der Waals surface area contributed by atoms with Crippen molar-refractivity contribution in [3.8, 4) is 11.5 Å². The lowest BCUT2D eigenvalue weighted by Crippen LogP contribution is -2.51. The van der Waals surface area contributed by atoms with Gasteiger partial charge in [0.15, 0.2) is 11.5 Å². The first-order valence-corrected chi connectivity index (χ1v) is 10.0. The fourth-order valence-corrected chi connectivity index (χ4v) is 3.06. The summed E-state index contributed by atoms with van der Waals surface area (Å²) in [7, 11) is 4.84. The molecule has 7 nitrogen and oxygen atoms in total. The van der Waals surface area contributed by atoms with Crippen molar-refractivity contribution in [2.75, 3.05) is 33.1 Å². The summed E-state index contributed by atoms with van der Waals surface area (Å²) in [5.41, 5.74) is 1.04. The topological polar surface area (TPSA) is 79.9 Å². The molecule has 2 aromatic rings. The van der Waals surface area contributed by atoms with Crippen LogP contribution in [0.1, 0.15) is 19.4 Å². The van der Waals surface area contributed by atoms with Gasteiger partial charge in [-0.25, -0.2) is 9.18 Å². The van der Waals surface area contributed by atoms with Crippen LogP contribution >= 0.6 is 0 Å². The van der Waals surface area contributed by atoms with Crippen molar-refractivity contribution in [2.45, 2.75) is 26.3 Å². The molecule has 0 aliphatic heterocycles. The number of nitrogens with zero attached hydrogens (tertiary/aromatic N) is 1. The van der Waals surface area contributed by atoms with E-state index in [9.17, 15) is 14.0 Å². The Kier molecular flexibility index (Phi) is 8.66. The van der Waals surface area contributed by atoms with Crippen LogP contribution in [-0.4, -0.2) is 50.7 Å². The number of hydrogen-bond donors (Lipinski definition) is 2. The lowest BCUT2D eigenvalue weighted by molar-refractivity contribution is -0.132. The molecule has 2 rings (SSSR count). The Morgan fingerprint density at radius 1 is 1.06 bits per heavy atom. The smallest absolute Gasteiger partial charge is 0.319 e. The van der Waals surface area contributed by atoms with Crippen molar-refractivity contribution >= 4 is 17.6 Å². The number of methoxy groups -OCH3 is 2. The fraction of sp³-hybridized carbons (Fsp3) is 0.391. The lowest BCUT2D eigenvalue weighted by Gasteiger charge is -2.27. The van der Waals surface area contributed by atoms with Crippen molar-refractivity contribution < 1.29 is 23.5 Å². The van der Waals surface area contributed by atoms with E-state index in [-0.39, 0.29) is 17.5 Å². The van der Waals surface area contributed by atoms with Gasteiger partial charge in [-0.1, -0.05) is 32.0 Å². The molecule has 0 aliphatic carbocycles. The minimum absolute atomic E-state index is 0.0526. The number of rotatable bonds is 9. The number of hydrogen-bond acceptors (Lipinski definition) is 4. The molecule has 168 valence electrons. The molecule has 0 saturated heterocycles. The Labute approximate surface area is 182 Å². The predicted octanol–water partition coefficient (Wildman–Crippen LogP) is 3.69. The van der Waals surface area contributed by atoms with E-state index in [1.807, 2.05) is 32.0 Å². The standard InChI is InChI=1S/C23H30FN3O4/c1-15(2)21(26-23(29)25-18-9-7-6-8-17(18)24)22(28)27(3)13-12-16-10-11-19(30-4)20(14-16)31-5/h6-11,14-15,21H,12-13H2,1-5H3,(H2,25,26,29). The second kappa shape index (κ2) is 11.2. The first kappa shape index (κ1) is 24.0. The lowest BCUT2D eigenvalue weighted by atomic mass is 10.0. The number of para-hydroxylation sites is 1. The highest BCUT2D eigenvalue weighted by Crippen LogP contribution is 2.27. The maximum absolute atomic E-state index is 13.8. The maximum Gasteiger partial charge on any atom is 0.319 e. The Balaban J connectivity index is 1.99. The van der Waals surface area contributed by atoms with Gasteiger partial charge in [-0.15, -0.1) is 0 Å². The van der Waals surface area contributed by atoms with Gasteiger partial charge in [0.2, 0.25) is 5.91 Å². The number of nitrogens with one attached hydrogen (secondary N) is 2. The van der Waals surface area contributed by atoms with Crippen LogP contribution in [0.4, 0.5) is 14.9 Å². The quantitative estimate of drug-likeness (QED) is 0.635. The predicted molar refractivity (Wildman–Crippen MR) is 118 cm³/mol. The summed E-state index contributed by atoms with van der Waals surface area (Å²) < 4.78 is 24.3.